The van der Waals surface area contributed by atoms with Crippen molar-refractivity contribution in [1.82, 2.24) is 0 Å². The van der Waals surface area contributed by atoms with Crippen LogP contribution in [0.3, 0.4) is 0 Å². The molecule has 0 N–H and O–H groups in total. The van der Waals surface area contributed by atoms with Crippen molar-refractivity contribution in [3.63, 3.8) is 0 Å². The molecule has 0 aromatic rings. The summed E-state index contributed by atoms with van der Waals surface area (Å²) >= 11 is 0. The third kappa shape index (κ3) is 9.99. The SMILES string of the molecule is C1CCCCCCN=NN=NN=NCCCCC1. The van der Waals surface area contributed by atoms with E-state index in [2.05, 4.69) is 31.1 Å². The van der Waals surface area contributed by atoms with Gasteiger partial charge in [-0.3, -0.25) is 0 Å². The molecule has 1 aliphatic heterocycles. The summed E-state index contributed by atoms with van der Waals surface area (Å²) in [5.74, 6) is 0. The van der Waals surface area contributed by atoms with Crippen molar-refractivity contribution < 1.29 is 0 Å². The molecule has 0 spiro atoms. The molecule has 0 aromatic carbocycles. The third-order valence-electron chi connectivity index (χ3n) is 3.01. The maximum atomic E-state index is 3.90. The van der Waals surface area contributed by atoms with Crippen molar-refractivity contribution in [1.29, 1.82) is 0 Å². The normalized spacial score (nSPS) is 21.3. The first kappa shape index (κ1) is 14.9. The monoisotopic (exact) mass is 252 g/mol. The summed E-state index contributed by atoms with van der Waals surface area (Å²) in [4.78, 5) is 0. The zero-order valence-corrected chi connectivity index (χ0v) is 11.2. The molecule has 0 unspecified atom stereocenters. The van der Waals surface area contributed by atoms with Crippen molar-refractivity contribution in [3.05, 3.63) is 0 Å². The van der Waals surface area contributed by atoms with Gasteiger partial charge < -0.3 is 0 Å². The largest absolute Gasteiger partial charge is 0.167 e. The van der Waals surface area contributed by atoms with Gasteiger partial charge in [-0.15, -0.1) is 0 Å². The Bertz CT molecular complexity index is 235. The summed E-state index contributed by atoms with van der Waals surface area (Å²) in [7, 11) is 0. The molecular formula is C12H24N6. The lowest BCUT2D eigenvalue weighted by molar-refractivity contribution is 0.550. The van der Waals surface area contributed by atoms with Crippen LogP contribution in [0.4, 0.5) is 0 Å². The number of rotatable bonds is 0. The van der Waals surface area contributed by atoms with Gasteiger partial charge in [-0.05, 0) is 33.7 Å². The Balaban J connectivity index is 2.20. The summed E-state index contributed by atoms with van der Waals surface area (Å²) in [6.07, 6.45) is 12.7. The lowest BCUT2D eigenvalue weighted by Gasteiger charge is -2.01. The first-order valence-electron chi connectivity index (χ1n) is 7.13. The van der Waals surface area contributed by atoms with Crippen LogP contribution >= 0.6 is 0 Å². The van der Waals surface area contributed by atoms with E-state index < -0.39 is 0 Å². The highest BCUT2D eigenvalue weighted by molar-refractivity contribution is 4.49. The Hall–Kier alpha value is -1.20. The van der Waals surface area contributed by atoms with E-state index in [1.807, 2.05) is 0 Å². The van der Waals surface area contributed by atoms with E-state index in [4.69, 9.17) is 0 Å². The molecule has 18 heavy (non-hydrogen) atoms. The molecule has 0 bridgehead atoms. The molecule has 6 heteroatoms. The van der Waals surface area contributed by atoms with Gasteiger partial charge in [0.15, 0.2) is 0 Å². The first-order chi connectivity index (χ1) is 9.00. The third-order valence-corrected chi connectivity index (χ3v) is 3.01. The topological polar surface area (TPSA) is 74.2 Å². The molecule has 0 aliphatic carbocycles. The molecule has 0 atom stereocenters. The van der Waals surface area contributed by atoms with E-state index in [1.54, 1.807) is 0 Å². The highest BCUT2D eigenvalue weighted by Gasteiger charge is 1.93. The smallest absolute Gasteiger partial charge is 0.0621 e. The van der Waals surface area contributed by atoms with Gasteiger partial charge in [-0.1, -0.05) is 51.4 Å². The summed E-state index contributed by atoms with van der Waals surface area (Å²) in [5.41, 5.74) is 0. The molecule has 102 valence electrons. The minimum absolute atomic E-state index is 0.732. The van der Waals surface area contributed by atoms with Crippen LogP contribution in [0.25, 0.3) is 0 Å². The van der Waals surface area contributed by atoms with E-state index in [0.717, 1.165) is 25.9 Å². The fraction of sp³-hybridized carbons (Fsp3) is 1.00. The minimum Gasteiger partial charge on any atom is -0.167 e. The average Bonchev–Trinajstić information content (AvgIpc) is 2.39. The summed E-state index contributed by atoms with van der Waals surface area (Å²) in [6.45, 7) is 1.46. The fourth-order valence-electron chi connectivity index (χ4n) is 1.96. The molecule has 1 aliphatic rings. The molecule has 0 radical (unpaired) electrons. The van der Waals surface area contributed by atoms with Crippen LogP contribution in [0.1, 0.15) is 64.2 Å². The van der Waals surface area contributed by atoms with Crippen LogP contribution in [-0.2, 0) is 0 Å². The minimum atomic E-state index is 0.732. The van der Waals surface area contributed by atoms with E-state index in [-0.39, 0.29) is 0 Å². The molecule has 0 aromatic heterocycles. The molecule has 0 amide bonds. The average molecular weight is 252 g/mol. The van der Waals surface area contributed by atoms with Gasteiger partial charge in [0.25, 0.3) is 0 Å². The van der Waals surface area contributed by atoms with E-state index >= 15 is 0 Å². The van der Waals surface area contributed by atoms with Gasteiger partial charge in [0.05, 0.1) is 13.1 Å². The lowest BCUT2D eigenvalue weighted by atomic mass is 10.1. The zero-order valence-electron chi connectivity index (χ0n) is 11.2. The van der Waals surface area contributed by atoms with Gasteiger partial charge >= 0.3 is 0 Å². The van der Waals surface area contributed by atoms with Gasteiger partial charge in [0.1, 0.15) is 0 Å². The number of hydrogen-bond acceptors (Lipinski definition) is 6. The fourth-order valence-corrected chi connectivity index (χ4v) is 1.96. The van der Waals surface area contributed by atoms with Gasteiger partial charge in [-0.2, -0.15) is 10.2 Å². The first-order valence-corrected chi connectivity index (χ1v) is 7.13. The van der Waals surface area contributed by atoms with Crippen LogP contribution in [0.2, 0.25) is 0 Å². The molecule has 0 saturated heterocycles. The Labute approximate surface area is 109 Å². The zero-order chi connectivity index (χ0) is 12.7. The second-order valence-electron chi connectivity index (χ2n) is 4.62. The maximum absolute atomic E-state index is 3.90. The highest BCUT2D eigenvalue weighted by Crippen LogP contribution is 2.10. The van der Waals surface area contributed by atoms with Crippen molar-refractivity contribution in [2.75, 3.05) is 13.1 Å². The van der Waals surface area contributed by atoms with Crippen LogP contribution in [0.5, 0.6) is 0 Å². The van der Waals surface area contributed by atoms with Crippen LogP contribution in [-0.4, -0.2) is 13.1 Å². The van der Waals surface area contributed by atoms with Crippen molar-refractivity contribution in [2.45, 2.75) is 64.2 Å². The summed E-state index contributed by atoms with van der Waals surface area (Å²) in [5, 5.41) is 21.8. The molecule has 0 saturated carbocycles. The van der Waals surface area contributed by atoms with Crippen molar-refractivity contribution >= 4 is 0 Å². The quantitative estimate of drug-likeness (QED) is 0.576. The number of hydrogen-bond donors (Lipinski definition) is 0. The maximum Gasteiger partial charge on any atom is 0.0621 e. The Morgan fingerprint density at radius 2 is 0.667 bits per heavy atom. The molecule has 6 nitrogen and oxygen atoms in total. The molecular weight excluding hydrogens is 228 g/mol. The van der Waals surface area contributed by atoms with E-state index in [0.29, 0.717) is 0 Å². The van der Waals surface area contributed by atoms with Gasteiger partial charge in [0, 0.05) is 0 Å². The Kier molecular flexibility index (Phi) is 10.1. The summed E-state index contributed by atoms with van der Waals surface area (Å²) < 4.78 is 0. The standard InChI is InChI=1S/C12H24N6/c1-2-4-6-8-10-12-14-16-18-17-15-13-11-9-7-5-3-1/h1-12H2. The lowest BCUT2D eigenvalue weighted by Crippen LogP contribution is -1.85. The van der Waals surface area contributed by atoms with Crippen LogP contribution < -0.4 is 0 Å². The van der Waals surface area contributed by atoms with Gasteiger partial charge in [0.2, 0.25) is 0 Å². The second kappa shape index (κ2) is 12.3. The van der Waals surface area contributed by atoms with E-state index in [9.17, 15) is 0 Å². The van der Waals surface area contributed by atoms with Crippen molar-refractivity contribution in [3.8, 4) is 0 Å². The second-order valence-corrected chi connectivity index (χ2v) is 4.62. The molecule has 1 rings (SSSR count). The van der Waals surface area contributed by atoms with Crippen LogP contribution in [0, 0.1) is 0 Å². The Morgan fingerprint density at radius 1 is 0.333 bits per heavy atom. The summed E-state index contributed by atoms with van der Waals surface area (Å²) in [6, 6.07) is 0. The molecule has 0 fully saturated rings. The van der Waals surface area contributed by atoms with Crippen LogP contribution in [0.15, 0.2) is 31.1 Å². The van der Waals surface area contributed by atoms with Crippen molar-refractivity contribution in [2.24, 2.45) is 31.1 Å². The number of nitrogens with zero attached hydrogens (tertiary/aromatic N) is 6. The predicted molar refractivity (Wildman–Crippen MR) is 70.5 cm³/mol. The molecule has 1 heterocycles. The highest BCUT2D eigenvalue weighted by atomic mass is 15.6. The Morgan fingerprint density at radius 3 is 1.06 bits per heavy atom. The van der Waals surface area contributed by atoms with Gasteiger partial charge in [-0.25, -0.2) is 0 Å². The van der Waals surface area contributed by atoms with E-state index in [1.165, 1.54) is 51.4 Å². The predicted octanol–water partition coefficient (Wildman–Crippen LogP) is 5.09.